The van der Waals surface area contributed by atoms with E-state index in [0.717, 1.165) is 30.5 Å². The number of aromatic nitrogens is 5. The maximum atomic E-state index is 15.0. The highest BCUT2D eigenvalue weighted by molar-refractivity contribution is 6.00. The van der Waals surface area contributed by atoms with Gasteiger partial charge in [0.2, 0.25) is 0 Å². The molecule has 0 radical (unpaired) electrons. The molecule has 0 bridgehead atoms. The number of anilines is 1. The summed E-state index contributed by atoms with van der Waals surface area (Å²) in [5, 5.41) is 21.4. The lowest BCUT2D eigenvalue weighted by Crippen LogP contribution is -2.24. The van der Waals surface area contributed by atoms with Gasteiger partial charge in [-0.2, -0.15) is 10.1 Å². The Hall–Kier alpha value is -3.86. The van der Waals surface area contributed by atoms with Crippen LogP contribution in [0.25, 0.3) is 22.2 Å². The van der Waals surface area contributed by atoms with Gasteiger partial charge in [-0.3, -0.25) is 9.89 Å². The third kappa shape index (κ3) is 4.72. The highest BCUT2D eigenvalue weighted by atomic mass is 19.1. The zero-order chi connectivity index (χ0) is 24.6. The maximum absolute atomic E-state index is 15.0. The molecule has 0 unspecified atom stereocenters. The summed E-state index contributed by atoms with van der Waals surface area (Å²) in [4.78, 5) is 20.9. The van der Waals surface area contributed by atoms with Crippen LogP contribution in [0.2, 0.25) is 0 Å². The summed E-state index contributed by atoms with van der Waals surface area (Å²) in [6.45, 7) is 7.56. The van der Waals surface area contributed by atoms with Gasteiger partial charge in [0, 0.05) is 36.3 Å². The Kier molecular flexibility index (Phi) is 5.93. The number of pyridine rings is 1. The molecular formula is C24H27FN8O2. The summed E-state index contributed by atoms with van der Waals surface area (Å²) in [7, 11) is 0. The second-order valence-corrected chi connectivity index (χ2v) is 9.65. The maximum Gasteiger partial charge on any atom is 0.315 e. The number of halogens is 1. The van der Waals surface area contributed by atoms with Crippen LogP contribution < -0.4 is 16.0 Å². The molecule has 1 aliphatic heterocycles. The van der Waals surface area contributed by atoms with Crippen molar-refractivity contribution in [3.05, 3.63) is 53.6 Å². The van der Waals surface area contributed by atoms with Crippen LogP contribution in [0, 0.1) is 5.82 Å². The minimum Gasteiger partial charge on any atom is -0.364 e. The Balaban J connectivity index is 1.34. The van der Waals surface area contributed by atoms with Crippen molar-refractivity contribution in [1.29, 1.82) is 0 Å². The molecule has 1 saturated heterocycles. The first-order valence-corrected chi connectivity index (χ1v) is 11.5. The molecule has 1 amide bonds. The van der Waals surface area contributed by atoms with E-state index < -0.39 is 11.7 Å². The predicted molar refractivity (Wildman–Crippen MR) is 128 cm³/mol. The van der Waals surface area contributed by atoms with E-state index in [2.05, 4.69) is 41.3 Å². The average molecular weight is 479 g/mol. The van der Waals surface area contributed by atoms with Crippen molar-refractivity contribution >= 4 is 22.8 Å². The Morgan fingerprint density at radius 3 is 2.86 bits per heavy atom. The first-order valence-electron chi connectivity index (χ1n) is 11.5. The SMILES string of the molecule is CC(C)(C)c1noc(C(=O)NCc2ccc(-c3ccnc4[nH]nc(N[C@H]5CCNC5)c34)cc2F)n1. The lowest BCUT2D eigenvalue weighted by Gasteiger charge is -2.12. The number of rotatable bonds is 6. The number of aromatic amines is 1. The van der Waals surface area contributed by atoms with Gasteiger partial charge in [0.15, 0.2) is 17.3 Å². The lowest BCUT2D eigenvalue weighted by molar-refractivity contribution is 0.0906. The Morgan fingerprint density at radius 1 is 1.29 bits per heavy atom. The van der Waals surface area contributed by atoms with Gasteiger partial charge in [0.25, 0.3) is 0 Å². The van der Waals surface area contributed by atoms with E-state index in [9.17, 15) is 4.79 Å². The van der Waals surface area contributed by atoms with Gasteiger partial charge in [-0.05, 0) is 36.2 Å². The number of H-pyrrole nitrogens is 1. The third-order valence-corrected chi connectivity index (χ3v) is 5.96. The third-order valence-electron chi connectivity index (χ3n) is 5.96. The molecular weight excluding hydrogens is 451 g/mol. The van der Waals surface area contributed by atoms with Gasteiger partial charge in [0.1, 0.15) is 5.82 Å². The van der Waals surface area contributed by atoms with Crippen LogP contribution in [0.15, 0.2) is 35.0 Å². The molecule has 11 heteroatoms. The number of benzene rings is 1. The molecule has 3 aromatic heterocycles. The largest absolute Gasteiger partial charge is 0.364 e. The Morgan fingerprint density at radius 2 is 2.14 bits per heavy atom. The van der Waals surface area contributed by atoms with Crippen molar-refractivity contribution in [2.45, 2.75) is 45.2 Å². The van der Waals surface area contributed by atoms with Gasteiger partial charge in [-0.1, -0.05) is 38.1 Å². The number of hydrogen-bond donors (Lipinski definition) is 4. The van der Waals surface area contributed by atoms with Gasteiger partial charge in [-0.25, -0.2) is 9.37 Å². The molecule has 1 aliphatic rings. The molecule has 4 aromatic rings. The van der Waals surface area contributed by atoms with Crippen molar-refractivity contribution in [2.75, 3.05) is 18.4 Å². The van der Waals surface area contributed by atoms with Crippen LogP contribution in [-0.2, 0) is 12.0 Å². The quantitative estimate of drug-likeness (QED) is 0.332. The van der Waals surface area contributed by atoms with E-state index in [-0.39, 0.29) is 23.9 Å². The number of fused-ring (bicyclic) bond motifs is 1. The number of carbonyl (C=O) groups excluding carboxylic acids is 1. The molecule has 0 spiro atoms. The van der Waals surface area contributed by atoms with Crippen LogP contribution >= 0.6 is 0 Å². The number of carbonyl (C=O) groups is 1. The molecule has 1 atom stereocenters. The molecule has 0 aliphatic carbocycles. The van der Waals surface area contributed by atoms with Crippen LogP contribution in [0.3, 0.4) is 0 Å². The average Bonchev–Trinajstić information content (AvgIpc) is 3.59. The zero-order valence-electron chi connectivity index (χ0n) is 19.8. The molecule has 1 fully saturated rings. The monoisotopic (exact) mass is 478 g/mol. The van der Waals surface area contributed by atoms with Gasteiger partial charge >= 0.3 is 11.8 Å². The molecule has 0 saturated carbocycles. The van der Waals surface area contributed by atoms with Crippen molar-refractivity contribution < 1.29 is 13.7 Å². The lowest BCUT2D eigenvalue weighted by atomic mass is 9.96. The second kappa shape index (κ2) is 9.06. The smallest absolute Gasteiger partial charge is 0.315 e. The summed E-state index contributed by atoms with van der Waals surface area (Å²) < 4.78 is 20.1. The molecule has 182 valence electrons. The van der Waals surface area contributed by atoms with Gasteiger partial charge in [-0.15, -0.1) is 0 Å². The second-order valence-electron chi connectivity index (χ2n) is 9.65. The van der Waals surface area contributed by atoms with E-state index in [1.54, 1.807) is 12.3 Å². The number of nitrogens with one attached hydrogen (secondary N) is 4. The number of amides is 1. The minimum atomic E-state index is -0.553. The minimum absolute atomic E-state index is 0.0167. The van der Waals surface area contributed by atoms with Crippen molar-refractivity contribution in [3.63, 3.8) is 0 Å². The van der Waals surface area contributed by atoms with E-state index >= 15 is 4.39 Å². The molecule has 5 rings (SSSR count). The van der Waals surface area contributed by atoms with Crippen LogP contribution in [0.5, 0.6) is 0 Å². The topological polar surface area (TPSA) is 134 Å². The van der Waals surface area contributed by atoms with Crippen LogP contribution in [0.4, 0.5) is 10.2 Å². The summed E-state index contributed by atoms with van der Waals surface area (Å²) in [6, 6.07) is 7.04. The molecule has 10 nitrogen and oxygen atoms in total. The first-order chi connectivity index (χ1) is 16.8. The van der Waals surface area contributed by atoms with Gasteiger partial charge in [0.05, 0.1) is 5.39 Å². The van der Waals surface area contributed by atoms with Crippen molar-refractivity contribution in [2.24, 2.45) is 0 Å². The van der Waals surface area contributed by atoms with Crippen LogP contribution in [0.1, 0.15) is 49.3 Å². The van der Waals surface area contributed by atoms with E-state index in [0.29, 0.717) is 28.4 Å². The fourth-order valence-corrected chi connectivity index (χ4v) is 4.00. The number of nitrogens with zero attached hydrogens (tertiary/aromatic N) is 4. The van der Waals surface area contributed by atoms with E-state index in [1.165, 1.54) is 6.07 Å². The molecule has 1 aromatic carbocycles. The molecule has 4 heterocycles. The summed E-state index contributed by atoms with van der Waals surface area (Å²) >= 11 is 0. The Labute approximate surface area is 201 Å². The number of hydrogen-bond acceptors (Lipinski definition) is 8. The fraction of sp³-hybridized carbons (Fsp3) is 0.375. The predicted octanol–water partition coefficient (Wildman–Crippen LogP) is 3.15. The molecule has 4 N–H and O–H groups in total. The fourth-order valence-electron chi connectivity index (χ4n) is 4.00. The van der Waals surface area contributed by atoms with E-state index in [1.807, 2.05) is 32.9 Å². The van der Waals surface area contributed by atoms with Crippen molar-refractivity contribution in [3.8, 4) is 11.1 Å². The molecule has 35 heavy (non-hydrogen) atoms. The van der Waals surface area contributed by atoms with Crippen molar-refractivity contribution in [1.82, 2.24) is 36.0 Å². The Bertz CT molecular complexity index is 1370. The standard InChI is InChI=1S/C24H27FN8O2/c1-24(2,3)23-30-22(35-33-23)21(34)28-11-14-5-4-13(10-17(14)25)16-7-9-27-19-18(16)20(32-31-19)29-15-6-8-26-12-15/h4-5,7,9-10,15,26H,6,8,11-12H2,1-3H3,(H,28,34)(H2,27,29,31,32)/t15-/m0/s1. The summed E-state index contributed by atoms with van der Waals surface area (Å²) in [6.07, 6.45) is 2.67. The normalized spacial score (nSPS) is 16.1. The summed E-state index contributed by atoms with van der Waals surface area (Å²) in [5.41, 5.74) is 2.12. The van der Waals surface area contributed by atoms with Crippen LogP contribution in [-0.4, -0.2) is 50.4 Å². The highest BCUT2D eigenvalue weighted by Gasteiger charge is 2.24. The highest BCUT2D eigenvalue weighted by Crippen LogP contribution is 2.33. The van der Waals surface area contributed by atoms with Gasteiger partial charge < -0.3 is 20.5 Å². The summed E-state index contributed by atoms with van der Waals surface area (Å²) in [5.74, 6) is -0.0139. The zero-order valence-corrected chi connectivity index (χ0v) is 19.8. The first kappa shape index (κ1) is 22.9. The van der Waals surface area contributed by atoms with E-state index in [4.69, 9.17) is 4.52 Å².